The third-order valence-corrected chi connectivity index (χ3v) is 3.79. The van der Waals surface area contributed by atoms with Crippen molar-refractivity contribution in [2.45, 2.75) is 6.18 Å². The first-order chi connectivity index (χ1) is 13.6. The van der Waals surface area contributed by atoms with E-state index in [-0.39, 0.29) is 17.1 Å². The average Bonchev–Trinajstić information content (AvgIpc) is 2.64. The number of carbonyl (C=O) groups is 1. The van der Waals surface area contributed by atoms with Gasteiger partial charge in [-0.25, -0.2) is 13.2 Å². The Hall–Kier alpha value is -3.56. The Morgan fingerprint density at radius 2 is 1.45 bits per heavy atom. The summed E-state index contributed by atoms with van der Waals surface area (Å²) < 4.78 is 79.5. The maximum atomic E-state index is 13.6. The van der Waals surface area contributed by atoms with Gasteiger partial charge in [0.1, 0.15) is 11.4 Å². The van der Waals surface area contributed by atoms with E-state index in [2.05, 4.69) is 15.6 Å². The molecular formula is C19H11F6N3O. The lowest BCUT2D eigenvalue weighted by molar-refractivity contribution is -0.137. The second-order valence-electron chi connectivity index (χ2n) is 5.82. The summed E-state index contributed by atoms with van der Waals surface area (Å²) in [5.41, 5.74) is -2.01. The Bertz CT molecular complexity index is 1030. The molecule has 0 fully saturated rings. The molecule has 1 aromatic heterocycles. The van der Waals surface area contributed by atoms with Gasteiger partial charge >= 0.3 is 6.18 Å². The van der Waals surface area contributed by atoms with Gasteiger partial charge in [0.25, 0.3) is 5.91 Å². The number of hydrogen-bond acceptors (Lipinski definition) is 3. The van der Waals surface area contributed by atoms with Crippen LogP contribution in [-0.2, 0) is 6.18 Å². The summed E-state index contributed by atoms with van der Waals surface area (Å²) in [5.74, 6) is -4.37. The van der Waals surface area contributed by atoms with Gasteiger partial charge in [0.05, 0.1) is 23.6 Å². The molecule has 0 aliphatic heterocycles. The molecule has 10 heteroatoms. The van der Waals surface area contributed by atoms with Gasteiger partial charge in [0, 0.05) is 11.4 Å². The molecule has 0 spiro atoms. The van der Waals surface area contributed by atoms with E-state index >= 15 is 0 Å². The van der Waals surface area contributed by atoms with Crippen LogP contribution in [-0.4, -0.2) is 10.9 Å². The van der Waals surface area contributed by atoms with Crippen LogP contribution in [0, 0.1) is 17.5 Å². The molecule has 0 atom stereocenters. The van der Waals surface area contributed by atoms with Gasteiger partial charge in [-0.15, -0.1) is 0 Å². The topological polar surface area (TPSA) is 54.0 Å². The molecule has 0 saturated carbocycles. The lowest BCUT2D eigenvalue weighted by Gasteiger charge is -2.15. The number of anilines is 3. The van der Waals surface area contributed by atoms with E-state index in [1.807, 2.05) is 0 Å². The lowest BCUT2D eigenvalue weighted by atomic mass is 10.1. The fraction of sp³-hybridized carbons (Fsp3) is 0.0526. The molecule has 150 valence electrons. The van der Waals surface area contributed by atoms with Crippen LogP contribution in [0.2, 0.25) is 0 Å². The van der Waals surface area contributed by atoms with Crippen molar-refractivity contribution in [1.29, 1.82) is 0 Å². The third-order valence-electron chi connectivity index (χ3n) is 3.79. The molecule has 0 bridgehead atoms. The lowest BCUT2D eigenvalue weighted by Crippen LogP contribution is -2.16. The van der Waals surface area contributed by atoms with Crippen LogP contribution in [0.3, 0.4) is 0 Å². The van der Waals surface area contributed by atoms with Gasteiger partial charge < -0.3 is 10.6 Å². The number of carbonyl (C=O) groups excluding carboxylic acids is 1. The molecule has 2 aromatic carbocycles. The van der Waals surface area contributed by atoms with Crippen molar-refractivity contribution in [3.05, 3.63) is 83.4 Å². The van der Waals surface area contributed by atoms with Crippen LogP contribution in [0.15, 0.2) is 54.9 Å². The highest BCUT2D eigenvalue weighted by Crippen LogP contribution is 2.36. The zero-order valence-corrected chi connectivity index (χ0v) is 14.3. The van der Waals surface area contributed by atoms with Crippen LogP contribution in [0.1, 0.15) is 15.9 Å². The summed E-state index contributed by atoms with van der Waals surface area (Å²) in [5, 5.41) is 4.78. The molecule has 3 aromatic rings. The van der Waals surface area contributed by atoms with E-state index in [0.717, 1.165) is 12.1 Å². The SMILES string of the molecule is O=C(Nc1ccc(Nc2ccc(F)cc2C(F)(F)F)cc1)c1c(F)cncc1F. The highest BCUT2D eigenvalue weighted by Gasteiger charge is 2.34. The van der Waals surface area contributed by atoms with E-state index in [1.165, 1.54) is 24.3 Å². The molecule has 3 rings (SSSR count). The number of halogens is 6. The maximum Gasteiger partial charge on any atom is 0.418 e. The standard InChI is InChI=1S/C19H11F6N3O/c20-10-1-6-16(13(7-10)19(23,24)25)27-11-2-4-12(5-3-11)28-18(29)17-14(21)8-26-9-15(17)22/h1-9,27H,(H,28,29). The largest absolute Gasteiger partial charge is 0.418 e. The Balaban J connectivity index is 1.77. The minimum atomic E-state index is -4.77. The molecule has 0 radical (unpaired) electrons. The minimum absolute atomic E-state index is 0.145. The number of aromatic nitrogens is 1. The normalized spacial score (nSPS) is 11.2. The summed E-state index contributed by atoms with van der Waals surface area (Å²) in [6.07, 6.45) is -3.39. The summed E-state index contributed by atoms with van der Waals surface area (Å²) in [7, 11) is 0. The summed E-state index contributed by atoms with van der Waals surface area (Å²) in [6.45, 7) is 0. The smallest absolute Gasteiger partial charge is 0.355 e. The second kappa shape index (κ2) is 7.82. The number of amides is 1. The van der Waals surface area contributed by atoms with Gasteiger partial charge in [0.2, 0.25) is 0 Å². The Morgan fingerprint density at radius 3 is 2.03 bits per heavy atom. The number of hydrogen-bond donors (Lipinski definition) is 2. The molecule has 1 heterocycles. The van der Waals surface area contributed by atoms with E-state index in [9.17, 15) is 31.1 Å². The minimum Gasteiger partial charge on any atom is -0.355 e. The molecule has 0 aliphatic carbocycles. The zero-order chi connectivity index (χ0) is 21.2. The average molecular weight is 411 g/mol. The van der Waals surface area contributed by atoms with Gasteiger partial charge in [0.15, 0.2) is 11.6 Å². The highest BCUT2D eigenvalue weighted by molar-refractivity contribution is 6.04. The molecule has 29 heavy (non-hydrogen) atoms. The number of benzene rings is 2. The number of nitrogens with one attached hydrogen (secondary N) is 2. The highest BCUT2D eigenvalue weighted by atomic mass is 19.4. The molecule has 0 saturated heterocycles. The maximum absolute atomic E-state index is 13.6. The van der Waals surface area contributed by atoms with Gasteiger partial charge in [-0.3, -0.25) is 9.78 Å². The van der Waals surface area contributed by atoms with E-state index in [4.69, 9.17) is 0 Å². The summed E-state index contributed by atoms with van der Waals surface area (Å²) >= 11 is 0. The Labute approximate surface area is 160 Å². The van der Waals surface area contributed by atoms with Crippen molar-refractivity contribution in [2.24, 2.45) is 0 Å². The monoisotopic (exact) mass is 411 g/mol. The van der Waals surface area contributed by atoms with E-state index < -0.39 is 40.7 Å². The molecule has 4 nitrogen and oxygen atoms in total. The fourth-order valence-corrected chi connectivity index (χ4v) is 2.47. The first-order valence-corrected chi connectivity index (χ1v) is 7.99. The Kier molecular flexibility index (Phi) is 5.44. The predicted molar refractivity (Wildman–Crippen MR) is 93.2 cm³/mol. The predicted octanol–water partition coefficient (Wildman–Crippen LogP) is 5.51. The van der Waals surface area contributed by atoms with Crippen molar-refractivity contribution in [3.8, 4) is 0 Å². The van der Waals surface area contributed by atoms with Crippen LogP contribution < -0.4 is 10.6 Å². The van der Waals surface area contributed by atoms with Crippen LogP contribution in [0.5, 0.6) is 0 Å². The van der Waals surface area contributed by atoms with E-state index in [0.29, 0.717) is 18.5 Å². The van der Waals surface area contributed by atoms with Crippen molar-refractivity contribution in [2.75, 3.05) is 10.6 Å². The van der Waals surface area contributed by atoms with Gasteiger partial charge in [-0.2, -0.15) is 13.2 Å². The first-order valence-electron chi connectivity index (χ1n) is 7.99. The first kappa shape index (κ1) is 20.2. The van der Waals surface area contributed by atoms with Crippen LogP contribution in [0.4, 0.5) is 43.4 Å². The zero-order valence-electron chi connectivity index (χ0n) is 14.3. The Morgan fingerprint density at radius 1 is 0.862 bits per heavy atom. The quantitative estimate of drug-likeness (QED) is 0.557. The molecule has 2 N–H and O–H groups in total. The van der Waals surface area contributed by atoms with Gasteiger partial charge in [-0.05, 0) is 42.5 Å². The third kappa shape index (κ3) is 4.65. The summed E-state index contributed by atoms with van der Waals surface area (Å²) in [6, 6.07) is 7.49. The van der Waals surface area contributed by atoms with Crippen molar-refractivity contribution < 1.29 is 31.1 Å². The second-order valence-corrected chi connectivity index (χ2v) is 5.82. The molecular weight excluding hydrogens is 400 g/mol. The van der Waals surface area contributed by atoms with Crippen molar-refractivity contribution in [3.63, 3.8) is 0 Å². The van der Waals surface area contributed by atoms with Crippen molar-refractivity contribution in [1.82, 2.24) is 4.98 Å². The molecule has 1 amide bonds. The van der Waals surface area contributed by atoms with E-state index in [1.54, 1.807) is 0 Å². The van der Waals surface area contributed by atoms with Crippen LogP contribution >= 0.6 is 0 Å². The van der Waals surface area contributed by atoms with Crippen LogP contribution in [0.25, 0.3) is 0 Å². The molecule has 0 unspecified atom stereocenters. The number of pyridine rings is 1. The fourth-order valence-electron chi connectivity index (χ4n) is 2.47. The number of nitrogens with zero attached hydrogens (tertiary/aromatic N) is 1. The summed E-state index contributed by atoms with van der Waals surface area (Å²) in [4.78, 5) is 15.3. The van der Waals surface area contributed by atoms with Crippen molar-refractivity contribution >= 4 is 23.0 Å². The molecule has 0 aliphatic rings. The number of alkyl halides is 3. The number of rotatable bonds is 4. The van der Waals surface area contributed by atoms with Gasteiger partial charge in [-0.1, -0.05) is 0 Å².